The quantitative estimate of drug-likeness (QED) is 0.391. The first-order valence-corrected chi connectivity index (χ1v) is 14.3. The van der Waals surface area contributed by atoms with Gasteiger partial charge in [-0.15, -0.1) is 0 Å². The second-order valence-electron chi connectivity index (χ2n) is 8.10. The molecule has 8 nitrogen and oxygen atoms in total. The zero-order chi connectivity index (χ0) is 26.9. The summed E-state index contributed by atoms with van der Waals surface area (Å²) in [5, 5.41) is 3.38. The highest BCUT2D eigenvalue weighted by Crippen LogP contribution is 2.31. The predicted molar refractivity (Wildman–Crippen MR) is 144 cm³/mol. The molecule has 0 aliphatic rings. The predicted octanol–water partition coefficient (Wildman–Crippen LogP) is 4.49. The number of ether oxygens (including phenoxy) is 1. The lowest BCUT2D eigenvalue weighted by Gasteiger charge is -2.31. The van der Waals surface area contributed by atoms with Gasteiger partial charge in [-0.25, -0.2) is 8.42 Å². The van der Waals surface area contributed by atoms with Gasteiger partial charge in [0.25, 0.3) is 0 Å². The second kappa shape index (κ2) is 13.7. The number of sulfonamides is 1. The first-order chi connectivity index (χ1) is 17.0. The highest BCUT2D eigenvalue weighted by molar-refractivity contribution is 7.92. The standard InChI is InChI=1S/C25H33Cl2N3O5S/c1-5-21(25(32)28-3)29(17-18-19(26)11-9-12-20(18)27)24(31)15-10-16-30(36(4,33)34)22-13-7-8-14-23(22)35-6-2/h7-9,11-14,21H,5-6,10,15-17H2,1-4H3,(H,28,32)/t21-/m1/s1. The van der Waals surface area contributed by atoms with Gasteiger partial charge in [-0.1, -0.05) is 48.3 Å². The molecule has 1 atom stereocenters. The molecule has 0 radical (unpaired) electrons. The van der Waals surface area contributed by atoms with Crippen LogP contribution >= 0.6 is 23.2 Å². The van der Waals surface area contributed by atoms with Gasteiger partial charge in [0.05, 0.1) is 18.6 Å². The van der Waals surface area contributed by atoms with Crippen molar-refractivity contribution in [1.82, 2.24) is 10.2 Å². The van der Waals surface area contributed by atoms with Crippen molar-refractivity contribution in [3.05, 3.63) is 58.1 Å². The van der Waals surface area contributed by atoms with E-state index in [1.807, 2.05) is 13.8 Å². The molecule has 0 aliphatic heterocycles. The van der Waals surface area contributed by atoms with Crippen molar-refractivity contribution in [2.24, 2.45) is 0 Å². The Labute approximate surface area is 223 Å². The number of nitrogens with zero attached hydrogens (tertiary/aromatic N) is 2. The topological polar surface area (TPSA) is 96.0 Å². The van der Waals surface area contributed by atoms with Crippen molar-refractivity contribution in [3.63, 3.8) is 0 Å². The van der Waals surface area contributed by atoms with Gasteiger partial charge in [-0.05, 0) is 44.0 Å². The first kappa shape index (κ1) is 29.7. The van der Waals surface area contributed by atoms with Crippen LogP contribution in [0.1, 0.15) is 38.7 Å². The largest absolute Gasteiger partial charge is 0.492 e. The van der Waals surface area contributed by atoms with Gasteiger partial charge in [0, 0.05) is 42.2 Å². The Morgan fingerprint density at radius 1 is 1.06 bits per heavy atom. The maximum atomic E-state index is 13.4. The van der Waals surface area contributed by atoms with Crippen LogP contribution in [0.2, 0.25) is 10.0 Å². The zero-order valence-electron chi connectivity index (χ0n) is 21.0. The van der Waals surface area contributed by atoms with Crippen molar-refractivity contribution in [2.45, 2.75) is 45.7 Å². The molecule has 1 N–H and O–H groups in total. The maximum Gasteiger partial charge on any atom is 0.242 e. The number of carbonyl (C=O) groups excluding carboxylic acids is 2. The molecule has 2 amide bonds. The van der Waals surface area contributed by atoms with Crippen LogP contribution in [0.4, 0.5) is 5.69 Å². The van der Waals surface area contributed by atoms with Crippen LogP contribution in [0, 0.1) is 0 Å². The van der Waals surface area contributed by atoms with E-state index in [4.69, 9.17) is 27.9 Å². The van der Waals surface area contributed by atoms with Crippen molar-refractivity contribution >= 4 is 50.7 Å². The summed E-state index contributed by atoms with van der Waals surface area (Å²) in [5.74, 6) is -0.178. The van der Waals surface area contributed by atoms with E-state index in [9.17, 15) is 18.0 Å². The number of rotatable bonds is 13. The summed E-state index contributed by atoms with van der Waals surface area (Å²) in [6, 6.07) is 11.2. The number of hydrogen-bond donors (Lipinski definition) is 1. The van der Waals surface area contributed by atoms with Gasteiger partial charge >= 0.3 is 0 Å². The minimum Gasteiger partial charge on any atom is -0.492 e. The van der Waals surface area contributed by atoms with Crippen LogP contribution in [-0.4, -0.2) is 57.6 Å². The Hall–Kier alpha value is -2.49. The maximum absolute atomic E-state index is 13.4. The summed E-state index contributed by atoms with van der Waals surface area (Å²) in [6.45, 7) is 4.12. The zero-order valence-corrected chi connectivity index (χ0v) is 23.3. The number of carbonyl (C=O) groups is 2. The van der Waals surface area contributed by atoms with Gasteiger partial charge in [-0.3, -0.25) is 13.9 Å². The molecule has 0 unspecified atom stereocenters. The number of benzene rings is 2. The molecule has 2 aromatic carbocycles. The molecule has 0 aromatic heterocycles. The van der Waals surface area contributed by atoms with E-state index in [0.29, 0.717) is 40.1 Å². The fraction of sp³-hybridized carbons (Fsp3) is 0.440. The molecule has 0 spiro atoms. The Kier molecular flexibility index (Phi) is 11.3. The molecule has 2 aromatic rings. The Morgan fingerprint density at radius 2 is 1.69 bits per heavy atom. The van der Waals surface area contributed by atoms with Gasteiger partial charge < -0.3 is 15.0 Å². The Balaban J connectivity index is 2.28. The number of hydrogen-bond acceptors (Lipinski definition) is 5. The summed E-state index contributed by atoms with van der Waals surface area (Å²) in [5.41, 5.74) is 0.950. The van der Waals surface area contributed by atoms with Crippen molar-refractivity contribution < 1.29 is 22.7 Å². The fourth-order valence-electron chi connectivity index (χ4n) is 3.86. The van der Waals surface area contributed by atoms with Crippen molar-refractivity contribution in [2.75, 3.05) is 30.8 Å². The number of halogens is 2. The average molecular weight is 559 g/mol. The SMILES string of the molecule is CCOc1ccccc1N(CCCC(=O)N(Cc1c(Cl)cccc1Cl)[C@H](CC)C(=O)NC)S(C)(=O)=O. The summed E-state index contributed by atoms with van der Waals surface area (Å²) in [6.07, 6.45) is 1.73. The summed E-state index contributed by atoms with van der Waals surface area (Å²) in [4.78, 5) is 27.4. The van der Waals surface area contributed by atoms with E-state index < -0.39 is 16.1 Å². The van der Waals surface area contributed by atoms with E-state index >= 15 is 0 Å². The summed E-state index contributed by atoms with van der Waals surface area (Å²) in [7, 11) is -2.14. The van der Waals surface area contributed by atoms with E-state index in [0.717, 1.165) is 6.26 Å². The molecule has 0 aliphatic carbocycles. The highest BCUT2D eigenvalue weighted by Gasteiger charge is 2.29. The lowest BCUT2D eigenvalue weighted by Crippen LogP contribution is -2.48. The van der Waals surface area contributed by atoms with Crippen molar-refractivity contribution in [1.29, 1.82) is 0 Å². The number of amides is 2. The van der Waals surface area contributed by atoms with Gasteiger partial charge in [0.15, 0.2) is 0 Å². The van der Waals surface area contributed by atoms with E-state index in [1.54, 1.807) is 42.5 Å². The minimum atomic E-state index is -3.65. The second-order valence-corrected chi connectivity index (χ2v) is 10.8. The number of likely N-dealkylation sites (N-methyl/N-ethyl adjacent to an activating group) is 1. The Bertz CT molecular complexity index is 1140. The van der Waals surface area contributed by atoms with Gasteiger partial charge in [0.2, 0.25) is 21.8 Å². The average Bonchev–Trinajstić information content (AvgIpc) is 2.83. The molecule has 36 heavy (non-hydrogen) atoms. The van der Waals surface area contributed by atoms with Crippen LogP contribution in [0.25, 0.3) is 0 Å². The minimum absolute atomic E-state index is 0.0123. The van der Waals surface area contributed by atoms with Gasteiger partial charge in [-0.2, -0.15) is 0 Å². The molecule has 0 fully saturated rings. The third kappa shape index (κ3) is 7.75. The normalized spacial score (nSPS) is 12.1. The van der Waals surface area contributed by atoms with Crippen LogP contribution in [0.5, 0.6) is 5.75 Å². The molecule has 0 bridgehead atoms. The van der Waals surface area contributed by atoms with E-state index in [2.05, 4.69) is 5.32 Å². The molecular weight excluding hydrogens is 525 g/mol. The number of nitrogens with one attached hydrogen (secondary N) is 1. The van der Waals surface area contributed by atoms with Crippen LogP contribution in [0.15, 0.2) is 42.5 Å². The van der Waals surface area contributed by atoms with E-state index in [-0.39, 0.29) is 37.7 Å². The molecule has 0 heterocycles. The lowest BCUT2D eigenvalue weighted by molar-refractivity contribution is -0.141. The van der Waals surface area contributed by atoms with Crippen LogP contribution in [0.3, 0.4) is 0 Å². The highest BCUT2D eigenvalue weighted by atomic mass is 35.5. The smallest absolute Gasteiger partial charge is 0.242 e. The fourth-order valence-corrected chi connectivity index (χ4v) is 5.35. The number of para-hydroxylation sites is 2. The third-order valence-electron chi connectivity index (χ3n) is 5.61. The van der Waals surface area contributed by atoms with Crippen LogP contribution < -0.4 is 14.4 Å². The number of anilines is 1. The Morgan fingerprint density at radius 3 is 2.25 bits per heavy atom. The summed E-state index contributed by atoms with van der Waals surface area (Å²) >= 11 is 12.7. The lowest BCUT2D eigenvalue weighted by atomic mass is 10.1. The monoisotopic (exact) mass is 557 g/mol. The molecule has 2 rings (SSSR count). The van der Waals surface area contributed by atoms with Gasteiger partial charge in [0.1, 0.15) is 11.8 Å². The molecule has 0 saturated carbocycles. The molecule has 0 saturated heterocycles. The summed E-state index contributed by atoms with van der Waals surface area (Å²) < 4.78 is 32.0. The first-order valence-electron chi connectivity index (χ1n) is 11.7. The third-order valence-corrected chi connectivity index (χ3v) is 7.50. The molecular formula is C25H33Cl2N3O5S. The van der Waals surface area contributed by atoms with Crippen molar-refractivity contribution in [3.8, 4) is 5.75 Å². The molecule has 198 valence electrons. The molecule has 11 heteroatoms. The van der Waals surface area contributed by atoms with Crippen LogP contribution in [-0.2, 0) is 26.2 Å². The van der Waals surface area contributed by atoms with E-state index in [1.165, 1.54) is 16.3 Å².